The fourth-order valence-electron chi connectivity index (χ4n) is 7.69. The predicted molar refractivity (Wildman–Crippen MR) is 145 cm³/mol. The summed E-state index contributed by atoms with van der Waals surface area (Å²) in [6.45, 7) is 4.53. The van der Waals surface area contributed by atoms with Crippen molar-refractivity contribution in [1.82, 2.24) is 0 Å². The maximum atomic E-state index is 12.1. The summed E-state index contributed by atoms with van der Waals surface area (Å²) in [6, 6.07) is 0. The number of esters is 1. The summed E-state index contributed by atoms with van der Waals surface area (Å²) in [6.07, 6.45) is 31.1. The number of carbonyl (C=O) groups is 1. The maximum Gasteiger partial charge on any atom is 0.306 e. The van der Waals surface area contributed by atoms with Gasteiger partial charge in [0.15, 0.2) is 0 Å². The van der Waals surface area contributed by atoms with Crippen LogP contribution >= 0.6 is 0 Å². The van der Waals surface area contributed by atoms with E-state index in [0.29, 0.717) is 6.42 Å². The Labute approximate surface area is 212 Å². The van der Waals surface area contributed by atoms with Gasteiger partial charge < -0.3 is 4.74 Å². The second-order valence-electron chi connectivity index (χ2n) is 12.5. The zero-order valence-corrected chi connectivity index (χ0v) is 23.0. The van der Waals surface area contributed by atoms with Crippen LogP contribution < -0.4 is 0 Å². The van der Waals surface area contributed by atoms with Gasteiger partial charge in [0.25, 0.3) is 0 Å². The third-order valence-electron chi connectivity index (χ3n) is 10.0. The van der Waals surface area contributed by atoms with E-state index in [9.17, 15) is 4.79 Å². The van der Waals surface area contributed by atoms with E-state index in [0.717, 1.165) is 48.9 Å². The second-order valence-corrected chi connectivity index (χ2v) is 12.5. The monoisotopic (exact) mass is 474 g/mol. The van der Waals surface area contributed by atoms with E-state index in [-0.39, 0.29) is 12.1 Å². The molecule has 0 heterocycles. The number of ether oxygens (including phenoxy) is 1. The van der Waals surface area contributed by atoms with Gasteiger partial charge in [0.2, 0.25) is 0 Å². The molecule has 0 amide bonds. The van der Waals surface area contributed by atoms with Gasteiger partial charge in [0.1, 0.15) is 6.10 Å². The highest BCUT2D eigenvalue weighted by Crippen LogP contribution is 2.46. The second kappa shape index (κ2) is 16.3. The highest BCUT2D eigenvalue weighted by molar-refractivity contribution is 5.69. The molecular formula is C32H58O2. The highest BCUT2D eigenvalue weighted by Gasteiger charge is 2.35. The number of hydrogen-bond donors (Lipinski definition) is 0. The van der Waals surface area contributed by atoms with Crippen LogP contribution in [0.2, 0.25) is 0 Å². The fraction of sp³-hybridized carbons (Fsp3) is 0.969. The van der Waals surface area contributed by atoms with Crippen LogP contribution in [-0.2, 0) is 9.53 Å². The number of unbranched alkanes of at least 4 members (excludes halogenated alkanes) is 7. The first-order chi connectivity index (χ1) is 16.7. The van der Waals surface area contributed by atoms with Crippen LogP contribution in [0.25, 0.3) is 0 Å². The summed E-state index contributed by atoms with van der Waals surface area (Å²) in [5, 5.41) is 0. The molecule has 0 spiro atoms. The van der Waals surface area contributed by atoms with E-state index in [1.165, 1.54) is 122 Å². The number of hydrogen-bond acceptors (Lipinski definition) is 2. The molecule has 3 saturated carbocycles. The van der Waals surface area contributed by atoms with Gasteiger partial charge >= 0.3 is 5.97 Å². The summed E-state index contributed by atoms with van der Waals surface area (Å²) >= 11 is 0. The lowest BCUT2D eigenvalue weighted by atomic mass is 9.65. The van der Waals surface area contributed by atoms with E-state index in [1.807, 2.05) is 0 Å². The Bertz CT molecular complexity index is 519. The van der Waals surface area contributed by atoms with E-state index >= 15 is 0 Å². The summed E-state index contributed by atoms with van der Waals surface area (Å²) in [7, 11) is 0. The summed E-state index contributed by atoms with van der Waals surface area (Å²) < 4.78 is 5.81. The average Bonchev–Trinajstić information content (AvgIpc) is 2.87. The van der Waals surface area contributed by atoms with Crippen molar-refractivity contribution in [2.24, 2.45) is 29.6 Å². The lowest BCUT2D eigenvalue weighted by Gasteiger charge is -2.41. The molecular weight excluding hydrogens is 416 g/mol. The van der Waals surface area contributed by atoms with Gasteiger partial charge in [-0.1, -0.05) is 84.5 Å². The molecule has 0 aromatic heterocycles. The van der Waals surface area contributed by atoms with Crippen LogP contribution in [-0.4, -0.2) is 12.1 Å². The van der Waals surface area contributed by atoms with Crippen LogP contribution in [0, 0.1) is 29.6 Å². The van der Waals surface area contributed by atoms with E-state index < -0.39 is 0 Å². The molecule has 0 unspecified atom stereocenters. The molecule has 3 aliphatic carbocycles. The van der Waals surface area contributed by atoms with Crippen molar-refractivity contribution in [3.05, 3.63) is 0 Å². The van der Waals surface area contributed by atoms with Crippen LogP contribution in [0.15, 0.2) is 0 Å². The van der Waals surface area contributed by atoms with E-state index in [2.05, 4.69) is 13.8 Å². The van der Waals surface area contributed by atoms with Gasteiger partial charge in [0, 0.05) is 6.42 Å². The summed E-state index contributed by atoms with van der Waals surface area (Å²) in [5.74, 6) is 5.06. The standard InChI is InChI=1S/C32H58O2/c1-3-5-7-9-10-12-26-14-16-27(17-15-26)28-18-20-29(21-19-28)30-22-24-31(25-23-30)34-32(33)13-11-8-6-4-2/h26-31H,3-25H2,1-2H3/t26-,27-,28-,29-,30-,31-. The minimum absolute atomic E-state index is 0.0614. The Hall–Kier alpha value is -0.530. The van der Waals surface area contributed by atoms with Gasteiger partial charge in [-0.15, -0.1) is 0 Å². The van der Waals surface area contributed by atoms with Crippen LogP contribution in [0.3, 0.4) is 0 Å². The Morgan fingerprint density at radius 1 is 0.559 bits per heavy atom. The highest BCUT2D eigenvalue weighted by atomic mass is 16.5. The summed E-state index contributed by atoms with van der Waals surface area (Å²) in [4.78, 5) is 12.1. The van der Waals surface area contributed by atoms with Crippen molar-refractivity contribution in [3.8, 4) is 0 Å². The lowest BCUT2D eigenvalue weighted by molar-refractivity contribution is -0.151. The van der Waals surface area contributed by atoms with Crippen LogP contribution in [0.1, 0.15) is 162 Å². The molecule has 0 aliphatic heterocycles. The Morgan fingerprint density at radius 3 is 1.53 bits per heavy atom. The van der Waals surface area contributed by atoms with Gasteiger partial charge in [-0.2, -0.15) is 0 Å². The van der Waals surface area contributed by atoms with Crippen molar-refractivity contribution < 1.29 is 9.53 Å². The number of carbonyl (C=O) groups excluding carboxylic acids is 1. The molecule has 0 aromatic rings. The molecule has 0 atom stereocenters. The fourth-order valence-corrected chi connectivity index (χ4v) is 7.69. The maximum absolute atomic E-state index is 12.1. The Balaban J connectivity index is 1.24. The predicted octanol–water partition coefficient (Wildman–Crippen LogP) is 10.0. The zero-order chi connectivity index (χ0) is 24.0. The molecule has 3 fully saturated rings. The third kappa shape index (κ3) is 9.85. The lowest BCUT2D eigenvalue weighted by Crippen LogP contribution is -2.31. The molecule has 0 saturated heterocycles. The number of rotatable bonds is 14. The minimum Gasteiger partial charge on any atom is -0.462 e. The van der Waals surface area contributed by atoms with Crippen LogP contribution in [0.4, 0.5) is 0 Å². The quantitative estimate of drug-likeness (QED) is 0.185. The molecule has 3 rings (SSSR count). The molecule has 0 radical (unpaired) electrons. The van der Waals surface area contributed by atoms with Gasteiger partial charge in [-0.3, -0.25) is 4.79 Å². The van der Waals surface area contributed by atoms with Crippen molar-refractivity contribution in [3.63, 3.8) is 0 Å². The van der Waals surface area contributed by atoms with Gasteiger partial charge in [0.05, 0.1) is 0 Å². The van der Waals surface area contributed by atoms with E-state index in [4.69, 9.17) is 4.74 Å². The topological polar surface area (TPSA) is 26.3 Å². The first-order valence-corrected chi connectivity index (χ1v) is 15.9. The molecule has 34 heavy (non-hydrogen) atoms. The molecule has 198 valence electrons. The SMILES string of the molecule is CCCCCCC[C@H]1CC[C@H]([C@H]2CC[C@H]([C@H]3CC[C@H](OC(=O)CCCCCC)CC3)CC2)CC1. The summed E-state index contributed by atoms with van der Waals surface area (Å²) in [5.41, 5.74) is 0. The molecule has 0 N–H and O–H groups in total. The zero-order valence-electron chi connectivity index (χ0n) is 23.0. The Kier molecular flexibility index (Phi) is 13.4. The smallest absolute Gasteiger partial charge is 0.306 e. The Morgan fingerprint density at radius 2 is 1.00 bits per heavy atom. The van der Waals surface area contributed by atoms with Crippen molar-refractivity contribution >= 4 is 5.97 Å². The first-order valence-electron chi connectivity index (χ1n) is 15.9. The van der Waals surface area contributed by atoms with Gasteiger partial charge in [-0.25, -0.2) is 0 Å². The van der Waals surface area contributed by atoms with Crippen molar-refractivity contribution in [2.45, 2.75) is 168 Å². The normalized spacial score (nSPS) is 32.4. The molecule has 0 bridgehead atoms. The minimum atomic E-state index is 0.0614. The average molecular weight is 475 g/mol. The van der Waals surface area contributed by atoms with E-state index in [1.54, 1.807) is 0 Å². The molecule has 2 heteroatoms. The molecule has 0 aromatic carbocycles. The van der Waals surface area contributed by atoms with Gasteiger partial charge in [-0.05, 0) is 100 Å². The first kappa shape index (κ1) is 28.0. The molecule has 2 nitrogen and oxygen atoms in total. The molecule has 3 aliphatic rings. The largest absolute Gasteiger partial charge is 0.462 e. The third-order valence-corrected chi connectivity index (χ3v) is 10.0. The van der Waals surface area contributed by atoms with Crippen LogP contribution in [0.5, 0.6) is 0 Å². The van der Waals surface area contributed by atoms with Crippen molar-refractivity contribution in [2.75, 3.05) is 0 Å². The van der Waals surface area contributed by atoms with Crippen molar-refractivity contribution in [1.29, 1.82) is 0 Å².